The van der Waals surface area contributed by atoms with Crippen LogP contribution in [0.3, 0.4) is 0 Å². The summed E-state index contributed by atoms with van der Waals surface area (Å²) in [7, 11) is 0. The van der Waals surface area contributed by atoms with E-state index in [4.69, 9.17) is 5.73 Å². The minimum Gasteiger partial charge on any atom is -0.399 e. The summed E-state index contributed by atoms with van der Waals surface area (Å²) in [4.78, 5) is 25.7. The molecular weight excluding hydrogens is 418 g/mol. The van der Waals surface area contributed by atoms with Crippen LogP contribution in [0.25, 0.3) is 0 Å². The van der Waals surface area contributed by atoms with Crippen LogP contribution in [0.1, 0.15) is 27.5 Å². The molecule has 0 radical (unpaired) electrons. The molecule has 3 aromatic rings. The zero-order valence-corrected chi connectivity index (χ0v) is 16.9. The van der Waals surface area contributed by atoms with Crippen LogP contribution < -0.4 is 16.4 Å². The molecule has 0 aliphatic rings. The van der Waals surface area contributed by atoms with Crippen molar-refractivity contribution in [2.45, 2.75) is 13.0 Å². The van der Waals surface area contributed by atoms with E-state index in [-0.39, 0.29) is 11.8 Å². The molecule has 0 bridgehead atoms. The summed E-state index contributed by atoms with van der Waals surface area (Å²) in [6.45, 7) is 1.97. The summed E-state index contributed by atoms with van der Waals surface area (Å²) in [5, 5.41) is 5.69. The van der Waals surface area contributed by atoms with E-state index in [2.05, 4.69) is 26.6 Å². The lowest BCUT2D eigenvalue weighted by atomic mass is 10.0. The summed E-state index contributed by atoms with van der Waals surface area (Å²) in [6, 6.07) is 20.5. The van der Waals surface area contributed by atoms with Crippen molar-refractivity contribution in [3.63, 3.8) is 0 Å². The van der Waals surface area contributed by atoms with E-state index in [0.29, 0.717) is 22.5 Å². The van der Waals surface area contributed by atoms with Gasteiger partial charge in [-0.3, -0.25) is 9.59 Å². The van der Waals surface area contributed by atoms with E-state index in [1.807, 2.05) is 43.3 Å². The van der Waals surface area contributed by atoms with Crippen molar-refractivity contribution >= 4 is 39.1 Å². The Balaban J connectivity index is 1.85. The number of hydrogen-bond donors (Lipinski definition) is 3. The molecule has 0 saturated carbocycles. The fourth-order valence-corrected chi connectivity index (χ4v) is 3.31. The molecule has 0 aliphatic carbocycles. The van der Waals surface area contributed by atoms with Crippen LogP contribution in [0.4, 0.5) is 11.4 Å². The summed E-state index contributed by atoms with van der Waals surface area (Å²) >= 11 is 3.46. The number of anilines is 2. The molecule has 4 N–H and O–H groups in total. The number of benzene rings is 3. The van der Waals surface area contributed by atoms with Gasteiger partial charge in [0.1, 0.15) is 6.04 Å². The molecule has 1 unspecified atom stereocenters. The number of hydrogen-bond acceptors (Lipinski definition) is 3. The van der Waals surface area contributed by atoms with Crippen LogP contribution in [-0.2, 0) is 4.79 Å². The Bertz CT molecular complexity index is 988. The van der Waals surface area contributed by atoms with Crippen LogP contribution in [0.5, 0.6) is 0 Å². The molecule has 0 aromatic heterocycles. The normalized spacial score (nSPS) is 11.5. The van der Waals surface area contributed by atoms with E-state index in [1.54, 1.807) is 36.4 Å². The molecule has 0 spiro atoms. The van der Waals surface area contributed by atoms with Crippen LogP contribution >= 0.6 is 15.9 Å². The molecule has 5 nitrogen and oxygen atoms in total. The van der Waals surface area contributed by atoms with Crippen molar-refractivity contribution in [1.82, 2.24) is 5.32 Å². The Kier molecular flexibility index (Phi) is 6.11. The summed E-state index contributed by atoms with van der Waals surface area (Å²) < 4.78 is 0.775. The largest absolute Gasteiger partial charge is 0.399 e. The summed E-state index contributed by atoms with van der Waals surface area (Å²) in [5.41, 5.74) is 9.07. The minimum absolute atomic E-state index is 0.334. The standard InChI is InChI=1S/C22H20BrN3O2/c1-14-7-12-19(18(23)13-14)25-22(28)20(15-5-3-2-4-6-15)26-21(27)16-8-10-17(24)11-9-16/h2-13,20H,24H2,1H3,(H,25,28)(H,26,27). The molecule has 3 rings (SSSR count). The predicted octanol–water partition coefficient (Wildman–Crippen LogP) is 4.45. The van der Waals surface area contributed by atoms with Gasteiger partial charge in [-0.05, 0) is 70.4 Å². The van der Waals surface area contributed by atoms with Crippen molar-refractivity contribution in [1.29, 1.82) is 0 Å². The van der Waals surface area contributed by atoms with Gasteiger partial charge in [0.2, 0.25) is 0 Å². The summed E-state index contributed by atoms with van der Waals surface area (Å²) in [5.74, 6) is -0.688. The molecule has 3 aromatic carbocycles. The van der Waals surface area contributed by atoms with Crippen molar-refractivity contribution in [3.05, 3.63) is 94.0 Å². The van der Waals surface area contributed by atoms with E-state index in [0.717, 1.165) is 10.0 Å². The first-order chi connectivity index (χ1) is 13.4. The van der Waals surface area contributed by atoms with Gasteiger partial charge in [0.05, 0.1) is 5.69 Å². The third-order valence-electron chi connectivity index (χ3n) is 4.23. The highest BCUT2D eigenvalue weighted by molar-refractivity contribution is 9.10. The number of rotatable bonds is 5. The molecule has 1 atom stereocenters. The first-order valence-electron chi connectivity index (χ1n) is 8.72. The average molecular weight is 438 g/mol. The molecule has 28 heavy (non-hydrogen) atoms. The fraction of sp³-hybridized carbons (Fsp3) is 0.0909. The Morgan fingerprint density at radius 1 is 0.964 bits per heavy atom. The van der Waals surface area contributed by atoms with Gasteiger partial charge in [-0.2, -0.15) is 0 Å². The van der Waals surface area contributed by atoms with E-state index in [9.17, 15) is 9.59 Å². The first-order valence-corrected chi connectivity index (χ1v) is 9.52. The Morgan fingerprint density at radius 2 is 1.64 bits per heavy atom. The molecular formula is C22H20BrN3O2. The highest BCUT2D eigenvalue weighted by Crippen LogP contribution is 2.25. The van der Waals surface area contributed by atoms with Crippen LogP contribution in [0.2, 0.25) is 0 Å². The number of nitrogens with one attached hydrogen (secondary N) is 2. The first kappa shape index (κ1) is 19.6. The predicted molar refractivity (Wildman–Crippen MR) is 115 cm³/mol. The number of nitrogens with two attached hydrogens (primary N) is 1. The molecule has 0 fully saturated rings. The van der Waals surface area contributed by atoms with Crippen molar-refractivity contribution in [2.24, 2.45) is 0 Å². The van der Waals surface area contributed by atoms with E-state index in [1.165, 1.54) is 0 Å². The number of amides is 2. The van der Waals surface area contributed by atoms with E-state index >= 15 is 0 Å². The second-order valence-corrected chi connectivity index (χ2v) is 7.27. The fourth-order valence-electron chi connectivity index (χ4n) is 2.72. The highest BCUT2D eigenvalue weighted by Gasteiger charge is 2.24. The van der Waals surface area contributed by atoms with Crippen molar-refractivity contribution in [3.8, 4) is 0 Å². The van der Waals surface area contributed by atoms with Crippen LogP contribution in [0.15, 0.2) is 77.3 Å². The average Bonchev–Trinajstić information content (AvgIpc) is 2.69. The van der Waals surface area contributed by atoms with Gasteiger partial charge in [-0.25, -0.2) is 0 Å². The second-order valence-electron chi connectivity index (χ2n) is 6.41. The van der Waals surface area contributed by atoms with Gasteiger partial charge >= 0.3 is 0 Å². The zero-order valence-electron chi connectivity index (χ0n) is 15.3. The van der Waals surface area contributed by atoms with Gasteiger partial charge in [-0.15, -0.1) is 0 Å². The maximum atomic E-state index is 13.0. The van der Waals surface area contributed by atoms with Gasteiger partial charge in [-0.1, -0.05) is 36.4 Å². The Hall–Kier alpha value is -3.12. The molecule has 2 amide bonds. The molecule has 0 saturated heterocycles. The quantitative estimate of drug-likeness (QED) is 0.515. The Morgan fingerprint density at radius 3 is 2.29 bits per heavy atom. The molecule has 142 valence electrons. The third kappa shape index (κ3) is 4.78. The second kappa shape index (κ2) is 8.71. The number of halogens is 1. The number of nitrogen functional groups attached to an aromatic ring is 1. The van der Waals surface area contributed by atoms with Crippen molar-refractivity contribution < 1.29 is 9.59 Å². The van der Waals surface area contributed by atoms with Gasteiger partial charge in [0, 0.05) is 15.7 Å². The number of carbonyl (C=O) groups excluding carboxylic acids is 2. The molecule has 6 heteroatoms. The van der Waals surface area contributed by atoms with Crippen molar-refractivity contribution in [2.75, 3.05) is 11.1 Å². The Labute approximate surface area is 172 Å². The smallest absolute Gasteiger partial charge is 0.252 e. The minimum atomic E-state index is -0.848. The van der Waals surface area contributed by atoms with E-state index < -0.39 is 6.04 Å². The third-order valence-corrected chi connectivity index (χ3v) is 4.88. The lowest BCUT2D eigenvalue weighted by molar-refractivity contribution is -0.118. The lowest BCUT2D eigenvalue weighted by Gasteiger charge is -2.19. The van der Waals surface area contributed by atoms with Gasteiger partial charge in [0.15, 0.2) is 0 Å². The van der Waals surface area contributed by atoms with Crippen LogP contribution in [0, 0.1) is 6.92 Å². The monoisotopic (exact) mass is 437 g/mol. The number of carbonyl (C=O) groups is 2. The number of aryl methyl sites for hydroxylation is 1. The van der Waals surface area contributed by atoms with Gasteiger partial charge in [0.25, 0.3) is 11.8 Å². The van der Waals surface area contributed by atoms with Gasteiger partial charge < -0.3 is 16.4 Å². The maximum Gasteiger partial charge on any atom is 0.252 e. The van der Waals surface area contributed by atoms with Crippen LogP contribution in [-0.4, -0.2) is 11.8 Å². The topological polar surface area (TPSA) is 84.2 Å². The maximum absolute atomic E-state index is 13.0. The molecule has 0 heterocycles. The highest BCUT2D eigenvalue weighted by atomic mass is 79.9. The zero-order chi connectivity index (χ0) is 20.1. The lowest BCUT2D eigenvalue weighted by Crippen LogP contribution is -2.37. The SMILES string of the molecule is Cc1ccc(NC(=O)C(NC(=O)c2ccc(N)cc2)c2ccccc2)c(Br)c1. The molecule has 0 aliphatic heterocycles. The summed E-state index contributed by atoms with van der Waals surface area (Å²) in [6.07, 6.45) is 0.